The van der Waals surface area contributed by atoms with Gasteiger partial charge in [-0.05, 0) is 43.0 Å². The van der Waals surface area contributed by atoms with E-state index < -0.39 is 5.97 Å². The molecule has 1 N–H and O–H groups in total. The second kappa shape index (κ2) is 5.71. The Bertz CT molecular complexity index is 383. The molecule has 1 aromatic rings. The van der Waals surface area contributed by atoms with Crippen molar-refractivity contribution in [2.75, 3.05) is 0 Å². The number of carbonyl (C=O) groups is 1. The summed E-state index contributed by atoms with van der Waals surface area (Å²) < 4.78 is 1.06. The summed E-state index contributed by atoms with van der Waals surface area (Å²) in [7, 11) is 0. The average molecular weight is 269 g/mol. The zero-order valence-corrected chi connectivity index (χ0v) is 10.1. The molecular formula is C12H13BrO2. The number of benzene rings is 1. The Balaban J connectivity index is 2.57. The Hall–Kier alpha value is -1.09. The maximum Gasteiger partial charge on any atom is 0.327 e. The van der Waals surface area contributed by atoms with Crippen LogP contribution in [0.25, 0.3) is 0 Å². The summed E-state index contributed by atoms with van der Waals surface area (Å²) in [6.45, 7) is 2.06. The number of halogens is 1. The fourth-order valence-electron chi connectivity index (χ4n) is 1.33. The monoisotopic (exact) mass is 268 g/mol. The van der Waals surface area contributed by atoms with Gasteiger partial charge in [-0.2, -0.15) is 0 Å². The van der Waals surface area contributed by atoms with Crippen molar-refractivity contribution in [3.63, 3.8) is 0 Å². The molecule has 0 aliphatic rings. The van der Waals surface area contributed by atoms with E-state index in [-0.39, 0.29) is 0 Å². The van der Waals surface area contributed by atoms with Gasteiger partial charge in [-0.15, -0.1) is 0 Å². The number of hydrogen-bond acceptors (Lipinski definition) is 1. The number of rotatable bonds is 4. The summed E-state index contributed by atoms with van der Waals surface area (Å²) in [5.74, 6) is -0.888. The minimum absolute atomic E-state index is 0.754. The number of carboxylic acid groups (broad SMARTS) is 1. The van der Waals surface area contributed by atoms with Crippen molar-refractivity contribution in [1.82, 2.24) is 0 Å². The van der Waals surface area contributed by atoms with Crippen LogP contribution in [0.3, 0.4) is 0 Å². The van der Waals surface area contributed by atoms with Gasteiger partial charge in [-0.25, -0.2) is 4.79 Å². The predicted molar refractivity (Wildman–Crippen MR) is 64.0 cm³/mol. The lowest BCUT2D eigenvalue weighted by Crippen LogP contribution is -1.90. The van der Waals surface area contributed by atoms with Crippen molar-refractivity contribution in [2.45, 2.75) is 19.8 Å². The standard InChI is InChI=1S/C12H13BrO2/c1-9-6-7-11(13)8-10(9)4-2-3-5-12(14)15/h3,5-8H,2,4H2,1H3,(H,14,15)/b5-3+. The van der Waals surface area contributed by atoms with Crippen LogP contribution in [0.4, 0.5) is 0 Å². The lowest BCUT2D eigenvalue weighted by Gasteiger charge is -2.04. The number of aryl methyl sites for hydroxylation is 2. The van der Waals surface area contributed by atoms with Gasteiger partial charge < -0.3 is 5.11 Å². The molecule has 2 nitrogen and oxygen atoms in total. The topological polar surface area (TPSA) is 37.3 Å². The number of aliphatic carboxylic acids is 1. The molecule has 0 amide bonds. The number of hydrogen-bond donors (Lipinski definition) is 1. The molecule has 80 valence electrons. The molecule has 0 unspecified atom stereocenters. The van der Waals surface area contributed by atoms with Crippen LogP contribution in [-0.2, 0) is 11.2 Å². The summed E-state index contributed by atoms with van der Waals surface area (Å²) in [4.78, 5) is 10.2. The average Bonchev–Trinajstić information content (AvgIpc) is 2.17. The second-order valence-corrected chi connectivity index (χ2v) is 4.27. The first-order valence-corrected chi connectivity index (χ1v) is 5.53. The van der Waals surface area contributed by atoms with Gasteiger partial charge in [-0.1, -0.05) is 28.1 Å². The molecule has 3 heteroatoms. The van der Waals surface area contributed by atoms with Gasteiger partial charge in [0.05, 0.1) is 0 Å². The lowest BCUT2D eigenvalue weighted by atomic mass is 10.0. The van der Waals surface area contributed by atoms with Crippen LogP contribution in [0, 0.1) is 6.92 Å². The summed E-state index contributed by atoms with van der Waals surface area (Å²) in [5, 5.41) is 8.42. The summed E-state index contributed by atoms with van der Waals surface area (Å²) in [6, 6.07) is 6.14. The first-order chi connectivity index (χ1) is 7.09. The molecule has 0 saturated carbocycles. The third kappa shape index (κ3) is 4.30. The minimum atomic E-state index is -0.888. The van der Waals surface area contributed by atoms with E-state index in [1.165, 1.54) is 17.2 Å². The molecule has 0 fully saturated rings. The van der Waals surface area contributed by atoms with Gasteiger partial charge in [0, 0.05) is 10.5 Å². The zero-order chi connectivity index (χ0) is 11.3. The van der Waals surface area contributed by atoms with Crippen molar-refractivity contribution in [2.24, 2.45) is 0 Å². The van der Waals surface area contributed by atoms with Crippen LogP contribution in [0.2, 0.25) is 0 Å². The largest absolute Gasteiger partial charge is 0.478 e. The van der Waals surface area contributed by atoms with Gasteiger partial charge in [-0.3, -0.25) is 0 Å². The van der Waals surface area contributed by atoms with E-state index in [1.54, 1.807) is 6.08 Å². The van der Waals surface area contributed by atoms with Crippen LogP contribution in [-0.4, -0.2) is 11.1 Å². The quantitative estimate of drug-likeness (QED) is 0.851. The third-order valence-electron chi connectivity index (χ3n) is 2.15. The summed E-state index contributed by atoms with van der Waals surface area (Å²) in [6.07, 6.45) is 4.49. The molecule has 0 radical (unpaired) electrons. The van der Waals surface area contributed by atoms with Crippen molar-refractivity contribution in [1.29, 1.82) is 0 Å². The van der Waals surface area contributed by atoms with Crippen molar-refractivity contribution in [3.05, 3.63) is 46.0 Å². The number of carboxylic acids is 1. The fraction of sp³-hybridized carbons (Fsp3) is 0.250. The van der Waals surface area contributed by atoms with Crippen LogP contribution in [0.5, 0.6) is 0 Å². The smallest absolute Gasteiger partial charge is 0.327 e. The van der Waals surface area contributed by atoms with E-state index in [0.29, 0.717) is 0 Å². The molecule has 0 aliphatic carbocycles. The maximum atomic E-state index is 10.2. The molecule has 1 rings (SSSR count). The Kier molecular flexibility index (Phi) is 4.56. The maximum absolute atomic E-state index is 10.2. The van der Waals surface area contributed by atoms with E-state index in [1.807, 2.05) is 6.07 Å². The molecule has 15 heavy (non-hydrogen) atoms. The Morgan fingerprint density at radius 2 is 2.27 bits per heavy atom. The van der Waals surface area contributed by atoms with Gasteiger partial charge in [0.25, 0.3) is 0 Å². The summed E-state index contributed by atoms with van der Waals surface area (Å²) in [5.41, 5.74) is 2.49. The molecule has 0 aliphatic heterocycles. The zero-order valence-electron chi connectivity index (χ0n) is 8.53. The minimum Gasteiger partial charge on any atom is -0.478 e. The third-order valence-corrected chi connectivity index (χ3v) is 2.65. The molecule has 0 heterocycles. The normalized spacial score (nSPS) is 10.8. The summed E-state index contributed by atoms with van der Waals surface area (Å²) >= 11 is 3.42. The Morgan fingerprint density at radius 3 is 2.93 bits per heavy atom. The van der Waals surface area contributed by atoms with Gasteiger partial charge in [0.2, 0.25) is 0 Å². The molecule has 0 spiro atoms. The highest BCUT2D eigenvalue weighted by Gasteiger charge is 1.98. The van der Waals surface area contributed by atoms with E-state index in [2.05, 4.69) is 35.0 Å². The SMILES string of the molecule is Cc1ccc(Br)cc1CC/C=C/C(=O)O. The van der Waals surface area contributed by atoms with Crippen LogP contribution in [0.1, 0.15) is 17.5 Å². The highest BCUT2D eigenvalue weighted by molar-refractivity contribution is 9.10. The molecule has 0 atom stereocenters. The Labute approximate surface area is 97.8 Å². The predicted octanol–water partition coefficient (Wildman–Crippen LogP) is 3.33. The van der Waals surface area contributed by atoms with E-state index >= 15 is 0 Å². The van der Waals surface area contributed by atoms with Crippen LogP contribution < -0.4 is 0 Å². The fourth-order valence-corrected chi connectivity index (χ4v) is 1.74. The lowest BCUT2D eigenvalue weighted by molar-refractivity contribution is -0.131. The Morgan fingerprint density at radius 1 is 1.53 bits per heavy atom. The highest BCUT2D eigenvalue weighted by atomic mass is 79.9. The highest BCUT2D eigenvalue weighted by Crippen LogP contribution is 2.17. The van der Waals surface area contributed by atoms with E-state index in [4.69, 9.17) is 5.11 Å². The molecule has 0 saturated heterocycles. The van der Waals surface area contributed by atoms with Crippen LogP contribution >= 0.6 is 15.9 Å². The van der Waals surface area contributed by atoms with E-state index in [0.717, 1.165) is 17.3 Å². The van der Waals surface area contributed by atoms with Gasteiger partial charge >= 0.3 is 5.97 Å². The first-order valence-electron chi connectivity index (χ1n) is 4.74. The first kappa shape index (κ1) is 12.0. The van der Waals surface area contributed by atoms with Crippen molar-refractivity contribution in [3.8, 4) is 0 Å². The van der Waals surface area contributed by atoms with Gasteiger partial charge in [0.15, 0.2) is 0 Å². The van der Waals surface area contributed by atoms with Crippen molar-refractivity contribution >= 4 is 21.9 Å². The second-order valence-electron chi connectivity index (χ2n) is 3.35. The van der Waals surface area contributed by atoms with Crippen molar-refractivity contribution < 1.29 is 9.90 Å². The molecule has 1 aromatic carbocycles. The van der Waals surface area contributed by atoms with Crippen LogP contribution in [0.15, 0.2) is 34.8 Å². The molecular weight excluding hydrogens is 256 g/mol. The van der Waals surface area contributed by atoms with Gasteiger partial charge in [0.1, 0.15) is 0 Å². The molecule has 0 aromatic heterocycles. The molecule has 0 bridgehead atoms. The van der Waals surface area contributed by atoms with E-state index in [9.17, 15) is 4.79 Å². The number of allylic oxidation sites excluding steroid dienone is 1.